The van der Waals surface area contributed by atoms with Crippen LogP contribution < -0.4 is 0 Å². The van der Waals surface area contributed by atoms with Gasteiger partial charge in [-0.1, -0.05) is 30.3 Å². The van der Waals surface area contributed by atoms with Crippen LogP contribution in [0.5, 0.6) is 0 Å². The first-order valence-electron chi connectivity index (χ1n) is 6.05. The Morgan fingerprint density at radius 3 is 2.40 bits per heavy atom. The maximum atomic E-state index is 12.9. The summed E-state index contributed by atoms with van der Waals surface area (Å²) < 4.78 is 12.9. The van der Waals surface area contributed by atoms with Gasteiger partial charge in [0.25, 0.3) is 0 Å². The second-order valence-electron chi connectivity index (χ2n) is 4.23. The number of carbonyl (C=O) groups is 1. The summed E-state index contributed by atoms with van der Waals surface area (Å²) in [5.41, 5.74) is 1.45. The largest absolute Gasteiger partial charge is 0.288 e. The van der Waals surface area contributed by atoms with Crippen molar-refractivity contribution in [3.05, 3.63) is 77.1 Å². The van der Waals surface area contributed by atoms with Crippen LogP contribution in [0.1, 0.15) is 15.2 Å². The number of rotatable bonds is 3. The number of carbonyl (C=O) groups excluding carboxylic acids is 1. The zero-order valence-corrected chi connectivity index (χ0v) is 11.2. The molecule has 0 saturated heterocycles. The van der Waals surface area contributed by atoms with Gasteiger partial charge in [0.2, 0.25) is 5.78 Å². The molecule has 3 aromatic rings. The van der Waals surface area contributed by atoms with Gasteiger partial charge in [0.05, 0.1) is 4.88 Å². The number of aromatic nitrogens is 1. The molecule has 0 fully saturated rings. The van der Waals surface area contributed by atoms with E-state index in [4.69, 9.17) is 0 Å². The fourth-order valence-electron chi connectivity index (χ4n) is 1.84. The summed E-state index contributed by atoms with van der Waals surface area (Å²) in [5.74, 6) is -0.486. The summed E-state index contributed by atoms with van der Waals surface area (Å²) in [6, 6.07) is 15.2. The highest BCUT2D eigenvalue weighted by Crippen LogP contribution is 2.26. The highest BCUT2D eigenvalue weighted by molar-refractivity contribution is 7.17. The monoisotopic (exact) mass is 283 g/mol. The molecule has 0 bridgehead atoms. The second kappa shape index (κ2) is 5.35. The van der Waals surface area contributed by atoms with Crippen LogP contribution in [0.2, 0.25) is 0 Å². The first-order valence-corrected chi connectivity index (χ1v) is 6.87. The Balaban J connectivity index is 1.90. The first-order chi connectivity index (χ1) is 9.74. The van der Waals surface area contributed by atoms with Crippen molar-refractivity contribution < 1.29 is 9.18 Å². The normalized spacial score (nSPS) is 10.4. The van der Waals surface area contributed by atoms with Gasteiger partial charge in [-0.3, -0.25) is 4.79 Å². The second-order valence-corrected chi connectivity index (χ2v) is 5.26. The zero-order chi connectivity index (χ0) is 13.9. The van der Waals surface area contributed by atoms with Crippen LogP contribution in [-0.2, 0) is 0 Å². The highest BCUT2D eigenvalue weighted by atomic mass is 32.1. The quantitative estimate of drug-likeness (QED) is 0.675. The SMILES string of the molecule is O=C(c1ccc(F)cc1)c1cnc(-c2ccccc2)s1. The Hall–Kier alpha value is -2.33. The molecule has 1 aromatic heterocycles. The molecule has 2 nitrogen and oxygen atoms in total. The molecule has 0 atom stereocenters. The molecule has 1 heterocycles. The van der Waals surface area contributed by atoms with Crippen molar-refractivity contribution in [1.29, 1.82) is 0 Å². The Morgan fingerprint density at radius 2 is 1.70 bits per heavy atom. The topological polar surface area (TPSA) is 30.0 Å². The molecule has 0 aliphatic carbocycles. The minimum absolute atomic E-state index is 0.135. The van der Waals surface area contributed by atoms with E-state index >= 15 is 0 Å². The van der Waals surface area contributed by atoms with Crippen LogP contribution in [-0.4, -0.2) is 10.8 Å². The Labute approximate surface area is 119 Å². The number of thiazole rings is 1. The molecule has 98 valence electrons. The van der Waals surface area contributed by atoms with Crippen molar-refractivity contribution in [2.45, 2.75) is 0 Å². The first kappa shape index (κ1) is 12.7. The van der Waals surface area contributed by atoms with Gasteiger partial charge < -0.3 is 0 Å². The van der Waals surface area contributed by atoms with Gasteiger partial charge in [-0.15, -0.1) is 11.3 Å². The third-order valence-corrected chi connectivity index (χ3v) is 3.90. The van der Waals surface area contributed by atoms with Gasteiger partial charge in [-0.2, -0.15) is 0 Å². The maximum absolute atomic E-state index is 12.9. The van der Waals surface area contributed by atoms with E-state index in [-0.39, 0.29) is 11.6 Å². The van der Waals surface area contributed by atoms with Crippen molar-refractivity contribution in [2.75, 3.05) is 0 Å². The van der Waals surface area contributed by atoms with Gasteiger partial charge in [-0.25, -0.2) is 9.37 Å². The van der Waals surface area contributed by atoms with Crippen molar-refractivity contribution in [1.82, 2.24) is 4.98 Å². The number of hydrogen-bond donors (Lipinski definition) is 0. The molecule has 0 aliphatic rings. The number of ketones is 1. The van der Waals surface area contributed by atoms with Gasteiger partial charge in [0, 0.05) is 17.3 Å². The summed E-state index contributed by atoms with van der Waals surface area (Å²) in [7, 11) is 0. The van der Waals surface area contributed by atoms with Crippen molar-refractivity contribution >= 4 is 17.1 Å². The molecule has 0 unspecified atom stereocenters. The summed E-state index contributed by atoms with van der Waals surface area (Å²) in [6.45, 7) is 0. The summed E-state index contributed by atoms with van der Waals surface area (Å²) >= 11 is 1.34. The smallest absolute Gasteiger partial charge is 0.204 e. The molecular weight excluding hydrogens is 273 g/mol. The third-order valence-electron chi connectivity index (χ3n) is 2.86. The van der Waals surface area contributed by atoms with Crippen LogP contribution in [0.4, 0.5) is 4.39 Å². The zero-order valence-electron chi connectivity index (χ0n) is 10.4. The lowest BCUT2D eigenvalue weighted by Gasteiger charge is -1.97. The van der Waals surface area contributed by atoms with Gasteiger partial charge >= 0.3 is 0 Å². The van der Waals surface area contributed by atoms with E-state index in [9.17, 15) is 9.18 Å². The fraction of sp³-hybridized carbons (Fsp3) is 0. The van der Waals surface area contributed by atoms with Gasteiger partial charge in [0.15, 0.2) is 0 Å². The standard InChI is InChI=1S/C16H10FNOS/c17-13-8-6-11(7-9-13)15(19)14-10-18-16(20-14)12-4-2-1-3-5-12/h1-10H. The molecular formula is C16H10FNOS. The van der Waals surface area contributed by atoms with Crippen LogP contribution in [0.3, 0.4) is 0 Å². The van der Waals surface area contributed by atoms with E-state index in [0.29, 0.717) is 10.4 Å². The number of hydrogen-bond acceptors (Lipinski definition) is 3. The van der Waals surface area contributed by atoms with E-state index in [1.165, 1.54) is 35.6 Å². The highest BCUT2D eigenvalue weighted by Gasteiger charge is 2.13. The van der Waals surface area contributed by atoms with Gasteiger partial charge in [-0.05, 0) is 24.3 Å². The Kier molecular flexibility index (Phi) is 3.39. The number of halogens is 1. The number of benzene rings is 2. The predicted octanol–water partition coefficient (Wildman–Crippen LogP) is 4.18. The lowest BCUT2D eigenvalue weighted by atomic mass is 10.1. The molecule has 4 heteroatoms. The molecule has 0 N–H and O–H groups in total. The van der Waals surface area contributed by atoms with Crippen LogP contribution in [0, 0.1) is 5.82 Å². The average Bonchev–Trinajstić information content (AvgIpc) is 2.98. The summed E-state index contributed by atoms with van der Waals surface area (Å²) in [4.78, 5) is 17.1. The Morgan fingerprint density at radius 1 is 1.00 bits per heavy atom. The molecule has 0 radical (unpaired) electrons. The minimum atomic E-state index is -0.351. The molecule has 20 heavy (non-hydrogen) atoms. The van der Waals surface area contributed by atoms with Gasteiger partial charge in [0.1, 0.15) is 10.8 Å². The van der Waals surface area contributed by atoms with Crippen molar-refractivity contribution in [2.24, 2.45) is 0 Å². The fourth-order valence-corrected chi connectivity index (χ4v) is 2.72. The molecule has 0 amide bonds. The lowest BCUT2D eigenvalue weighted by molar-refractivity contribution is 0.104. The van der Waals surface area contributed by atoms with E-state index < -0.39 is 0 Å². The van der Waals surface area contributed by atoms with E-state index in [0.717, 1.165) is 10.6 Å². The van der Waals surface area contributed by atoms with Crippen LogP contribution >= 0.6 is 11.3 Å². The maximum Gasteiger partial charge on any atom is 0.204 e. The third kappa shape index (κ3) is 2.51. The molecule has 0 spiro atoms. The van der Waals surface area contributed by atoms with Crippen LogP contribution in [0.15, 0.2) is 60.8 Å². The lowest BCUT2D eigenvalue weighted by Crippen LogP contribution is -1.98. The van der Waals surface area contributed by atoms with E-state index in [1.807, 2.05) is 30.3 Å². The van der Waals surface area contributed by atoms with Crippen molar-refractivity contribution in [3.63, 3.8) is 0 Å². The molecule has 0 saturated carbocycles. The Bertz CT molecular complexity index is 735. The molecule has 3 rings (SSSR count). The molecule has 0 aliphatic heterocycles. The molecule has 2 aromatic carbocycles. The van der Waals surface area contributed by atoms with E-state index in [2.05, 4.69) is 4.98 Å². The number of nitrogens with zero attached hydrogens (tertiary/aromatic N) is 1. The average molecular weight is 283 g/mol. The van der Waals surface area contributed by atoms with Crippen molar-refractivity contribution in [3.8, 4) is 10.6 Å². The minimum Gasteiger partial charge on any atom is -0.288 e. The predicted molar refractivity (Wildman–Crippen MR) is 77.4 cm³/mol. The van der Waals surface area contributed by atoms with Crippen LogP contribution in [0.25, 0.3) is 10.6 Å². The summed E-state index contributed by atoms with van der Waals surface area (Å²) in [6.07, 6.45) is 1.57. The van der Waals surface area contributed by atoms with E-state index in [1.54, 1.807) is 6.20 Å². The summed E-state index contributed by atoms with van der Waals surface area (Å²) in [5, 5.41) is 0.802.